The molecule has 3 atom stereocenters. The fraction of sp³-hybridized carbons (Fsp3) is 1.00. The molecule has 2 heterocycles. The molecular formula is C15H30N2O. The summed E-state index contributed by atoms with van der Waals surface area (Å²) in [7, 11) is 0. The lowest BCUT2D eigenvalue weighted by Crippen LogP contribution is -2.56. The molecule has 0 amide bonds. The van der Waals surface area contributed by atoms with Gasteiger partial charge in [0.2, 0.25) is 0 Å². The van der Waals surface area contributed by atoms with Crippen LogP contribution in [0.5, 0.6) is 0 Å². The van der Waals surface area contributed by atoms with Gasteiger partial charge in [0, 0.05) is 38.3 Å². The van der Waals surface area contributed by atoms with Crippen molar-refractivity contribution in [2.24, 2.45) is 5.92 Å². The van der Waals surface area contributed by atoms with Gasteiger partial charge in [-0.1, -0.05) is 13.8 Å². The van der Waals surface area contributed by atoms with Gasteiger partial charge in [-0.05, 0) is 38.5 Å². The molecule has 0 aromatic carbocycles. The highest BCUT2D eigenvalue weighted by Crippen LogP contribution is 2.19. The van der Waals surface area contributed by atoms with E-state index in [1.165, 1.54) is 38.8 Å². The second-order valence-electron chi connectivity index (χ2n) is 6.51. The predicted molar refractivity (Wildman–Crippen MR) is 75.9 cm³/mol. The molecule has 3 heteroatoms. The molecule has 0 aliphatic carbocycles. The van der Waals surface area contributed by atoms with Crippen LogP contribution in [0.1, 0.15) is 46.5 Å². The van der Waals surface area contributed by atoms with Crippen LogP contribution in [0.25, 0.3) is 0 Å². The van der Waals surface area contributed by atoms with Crippen molar-refractivity contribution in [1.29, 1.82) is 0 Å². The average molecular weight is 254 g/mol. The molecule has 2 fully saturated rings. The van der Waals surface area contributed by atoms with E-state index in [2.05, 4.69) is 31.0 Å². The molecule has 18 heavy (non-hydrogen) atoms. The molecule has 0 radical (unpaired) electrons. The average Bonchev–Trinajstić information content (AvgIpc) is 2.82. The maximum atomic E-state index is 5.74. The standard InChI is InChI=1S/C15H30N2O/c1-12(2)9-14-10-16-13(3)11-17(14)7-6-15-5-4-8-18-15/h12-16H,4-11H2,1-3H3. The number of nitrogens with one attached hydrogen (secondary N) is 1. The zero-order valence-corrected chi connectivity index (χ0v) is 12.3. The summed E-state index contributed by atoms with van der Waals surface area (Å²) in [4.78, 5) is 2.70. The van der Waals surface area contributed by atoms with E-state index in [4.69, 9.17) is 4.74 Å². The lowest BCUT2D eigenvalue weighted by molar-refractivity contribution is 0.0674. The highest BCUT2D eigenvalue weighted by molar-refractivity contribution is 4.85. The van der Waals surface area contributed by atoms with Gasteiger partial charge < -0.3 is 10.1 Å². The van der Waals surface area contributed by atoms with Gasteiger partial charge in [-0.25, -0.2) is 0 Å². The van der Waals surface area contributed by atoms with Crippen LogP contribution in [0.4, 0.5) is 0 Å². The normalized spacial score (nSPS) is 34.3. The lowest BCUT2D eigenvalue weighted by Gasteiger charge is -2.40. The van der Waals surface area contributed by atoms with Gasteiger partial charge >= 0.3 is 0 Å². The Morgan fingerprint density at radius 3 is 2.89 bits per heavy atom. The zero-order valence-electron chi connectivity index (χ0n) is 12.3. The van der Waals surface area contributed by atoms with Gasteiger partial charge in [0.1, 0.15) is 0 Å². The van der Waals surface area contributed by atoms with Gasteiger partial charge in [-0.15, -0.1) is 0 Å². The van der Waals surface area contributed by atoms with E-state index in [0.29, 0.717) is 12.1 Å². The summed E-state index contributed by atoms with van der Waals surface area (Å²) >= 11 is 0. The van der Waals surface area contributed by atoms with Gasteiger partial charge in [0.05, 0.1) is 6.10 Å². The highest BCUT2D eigenvalue weighted by Gasteiger charge is 2.27. The fourth-order valence-corrected chi connectivity index (χ4v) is 3.26. The molecule has 106 valence electrons. The summed E-state index contributed by atoms with van der Waals surface area (Å²) in [6.45, 7) is 11.5. The molecule has 3 unspecified atom stereocenters. The van der Waals surface area contributed by atoms with E-state index in [1.807, 2.05) is 0 Å². The molecule has 0 aromatic heterocycles. The van der Waals surface area contributed by atoms with Gasteiger partial charge in [-0.2, -0.15) is 0 Å². The quantitative estimate of drug-likeness (QED) is 0.814. The van der Waals surface area contributed by atoms with Crippen molar-refractivity contribution < 1.29 is 4.74 Å². The second-order valence-corrected chi connectivity index (χ2v) is 6.51. The number of piperazine rings is 1. The molecular weight excluding hydrogens is 224 g/mol. The van der Waals surface area contributed by atoms with Crippen LogP contribution in [0.2, 0.25) is 0 Å². The Morgan fingerprint density at radius 1 is 1.39 bits per heavy atom. The molecule has 2 rings (SSSR count). The van der Waals surface area contributed by atoms with Crippen molar-refractivity contribution in [2.75, 3.05) is 26.2 Å². The molecule has 2 aliphatic rings. The molecule has 0 aromatic rings. The lowest BCUT2D eigenvalue weighted by atomic mass is 9.98. The van der Waals surface area contributed by atoms with Crippen LogP contribution < -0.4 is 5.32 Å². The molecule has 3 nitrogen and oxygen atoms in total. The second kappa shape index (κ2) is 6.88. The third kappa shape index (κ3) is 4.22. The summed E-state index contributed by atoms with van der Waals surface area (Å²) < 4.78 is 5.74. The number of rotatable bonds is 5. The molecule has 2 aliphatic heterocycles. The molecule has 1 N–H and O–H groups in total. The van der Waals surface area contributed by atoms with Gasteiger partial charge in [0.15, 0.2) is 0 Å². The largest absolute Gasteiger partial charge is 0.378 e. The first-order valence-corrected chi connectivity index (χ1v) is 7.74. The smallest absolute Gasteiger partial charge is 0.0588 e. The molecule has 0 spiro atoms. The highest BCUT2D eigenvalue weighted by atomic mass is 16.5. The Balaban J connectivity index is 1.80. The van der Waals surface area contributed by atoms with E-state index >= 15 is 0 Å². The van der Waals surface area contributed by atoms with Gasteiger partial charge in [0.25, 0.3) is 0 Å². The maximum absolute atomic E-state index is 5.74. The zero-order chi connectivity index (χ0) is 13.0. The number of hydrogen-bond donors (Lipinski definition) is 1. The fourth-order valence-electron chi connectivity index (χ4n) is 3.26. The Morgan fingerprint density at radius 2 is 2.22 bits per heavy atom. The van der Waals surface area contributed by atoms with Gasteiger partial charge in [-0.3, -0.25) is 4.90 Å². The first-order valence-electron chi connectivity index (χ1n) is 7.74. The van der Waals surface area contributed by atoms with Crippen LogP contribution in [-0.4, -0.2) is 49.3 Å². The summed E-state index contributed by atoms with van der Waals surface area (Å²) in [5, 5.41) is 3.62. The van der Waals surface area contributed by atoms with Crippen molar-refractivity contribution in [1.82, 2.24) is 10.2 Å². The van der Waals surface area contributed by atoms with Crippen LogP contribution in [0.15, 0.2) is 0 Å². The van der Waals surface area contributed by atoms with Crippen molar-refractivity contribution in [3.63, 3.8) is 0 Å². The third-order valence-electron chi connectivity index (χ3n) is 4.23. The Bertz CT molecular complexity index is 239. The first kappa shape index (κ1) is 14.3. The minimum atomic E-state index is 0.537. The van der Waals surface area contributed by atoms with Crippen LogP contribution in [0, 0.1) is 5.92 Å². The summed E-state index contributed by atoms with van der Waals surface area (Å²) in [5.74, 6) is 0.787. The minimum Gasteiger partial charge on any atom is -0.378 e. The predicted octanol–water partition coefficient (Wildman–Crippen LogP) is 2.26. The van der Waals surface area contributed by atoms with E-state index in [9.17, 15) is 0 Å². The number of nitrogens with zero attached hydrogens (tertiary/aromatic N) is 1. The number of ether oxygens (including phenoxy) is 1. The molecule has 0 bridgehead atoms. The molecule has 2 saturated heterocycles. The maximum Gasteiger partial charge on any atom is 0.0588 e. The van der Waals surface area contributed by atoms with Crippen LogP contribution in [0.3, 0.4) is 0 Å². The van der Waals surface area contributed by atoms with Crippen molar-refractivity contribution in [3.8, 4) is 0 Å². The first-order chi connectivity index (χ1) is 8.65. The molecule has 0 saturated carbocycles. The van der Waals surface area contributed by atoms with E-state index in [-0.39, 0.29) is 0 Å². The van der Waals surface area contributed by atoms with Crippen LogP contribution >= 0.6 is 0 Å². The van der Waals surface area contributed by atoms with Crippen molar-refractivity contribution in [2.45, 2.75) is 64.6 Å². The summed E-state index contributed by atoms with van der Waals surface area (Å²) in [5.41, 5.74) is 0. The summed E-state index contributed by atoms with van der Waals surface area (Å²) in [6, 6.07) is 1.36. The Kier molecular flexibility index (Phi) is 5.46. The number of hydrogen-bond acceptors (Lipinski definition) is 3. The summed E-state index contributed by atoms with van der Waals surface area (Å²) in [6.07, 6.45) is 5.61. The SMILES string of the molecule is CC(C)CC1CNC(C)CN1CCC1CCCO1. The third-order valence-corrected chi connectivity index (χ3v) is 4.23. The monoisotopic (exact) mass is 254 g/mol. The van der Waals surface area contributed by atoms with E-state index in [0.717, 1.165) is 25.1 Å². The Hall–Kier alpha value is -0.120. The minimum absolute atomic E-state index is 0.537. The van der Waals surface area contributed by atoms with Crippen LogP contribution in [-0.2, 0) is 4.74 Å². The van der Waals surface area contributed by atoms with Crippen molar-refractivity contribution in [3.05, 3.63) is 0 Å². The van der Waals surface area contributed by atoms with E-state index in [1.54, 1.807) is 0 Å². The van der Waals surface area contributed by atoms with Crippen molar-refractivity contribution >= 4 is 0 Å². The topological polar surface area (TPSA) is 24.5 Å². The Labute approximate surface area is 112 Å². The van der Waals surface area contributed by atoms with E-state index < -0.39 is 0 Å².